The Bertz CT molecular complexity index is 468. The van der Waals surface area contributed by atoms with Crippen LogP contribution in [0.2, 0.25) is 0 Å². The van der Waals surface area contributed by atoms with Crippen molar-refractivity contribution in [1.82, 2.24) is 15.2 Å². The Morgan fingerprint density at radius 2 is 2.00 bits per heavy atom. The minimum absolute atomic E-state index is 0.123. The number of aromatic amines is 1. The number of hydrogen-bond donors (Lipinski definition) is 1. The molecule has 1 aliphatic rings. The van der Waals surface area contributed by atoms with Crippen molar-refractivity contribution in [2.75, 3.05) is 0 Å². The fraction of sp³-hybridized carbons (Fsp3) is 0.400. The van der Waals surface area contributed by atoms with Crippen molar-refractivity contribution < 1.29 is 9.59 Å². The lowest BCUT2D eigenvalue weighted by Gasteiger charge is -2.26. The van der Waals surface area contributed by atoms with Crippen LogP contribution < -0.4 is 0 Å². The molecule has 2 rings (SSSR count). The average Bonchev–Trinajstić information content (AvgIpc) is 2.75. The Morgan fingerprint density at radius 1 is 1.31 bits per heavy atom. The molecular formula is C10H12N4O2. The second kappa shape index (κ2) is 3.26. The standard InChI is InChI=1S/C10H12N4O2/c1-10(2,3)14-9(16)8(15)7(13-14)6-4-5-11-12-6/h4-5H,1-3H3,(H,11,12). The smallest absolute Gasteiger partial charge is 0.281 e. The Hall–Kier alpha value is -1.98. The van der Waals surface area contributed by atoms with Crippen LogP contribution in [0.5, 0.6) is 0 Å². The summed E-state index contributed by atoms with van der Waals surface area (Å²) in [6, 6.07) is 1.61. The molecule has 1 aromatic rings. The molecule has 0 fully saturated rings. The number of nitrogens with zero attached hydrogens (tertiary/aromatic N) is 3. The molecule has 6 heteroatoms. The van der Waals surface area contributed by atoms with Gasteiger partial charge >= 0.3 is 5.91 Å². The van der Waals surface area contributed by atoms with Crippen LogP contribution >= 0.6 is 0 Å². The van der Waals surface area contributed by atoms with E-state index in [0.717, 1.165) is 0 Å². The van der Waals surface area contributed by atoms with E-state index in [0.29, 0.717) is 5.69 Å². The lowest BCUT2D eigenvalue weighted by atomic mass is 10.1. The average molecular weight is 220 g/mol. The summed E-state index contributed by atoms with van der Waals surface area (Å²) in [6.07, 6.45) is 1.51. The van der Waals surface area contributed by atoms with Crippen molar-refractivity contribution in [3.05, 3.63) is 18.0 Å². The number of nitrogens with one attached hydrogen (secondary N) is 1. The molecule has 1 aliphatic heterocycles. The molecule has 16 heavy (non-hydrogen) atoms. The van der Waals surface area contributed by atoms with E-state index in [1.165, 1.54) is 11.2 Å². The van der Waals surface area contributed by atoms with E-state index in [4.69, 9.17) is 0 Å². The molecule has 0 aromatic carbocycles. The van der Waals surface area contributed by atoms with Gasteiger partial charge in [-0.15, -0.1) is 0 Å². The molecule has 0 saturated carbocycles. The van der Waals surface area contributed by atoms with Gasteiger partial charge in [0.1, 0.15) is 0 Å². The Balaban J connectivity index is 2.42. The highest BCUT2D eigenvalue weighted by molar-refractivity contribution is 6.69. The maximum absolute atomic E-state index is 11.7. The fourth-order valence-corrected chi connectivity index (χ4v) is 1.41. The van der Waals surface area contributed by atoms with E-state index in [1.807, 2.05) is 20.8 Å². The van der Waals surface area contributed by atoms with Crippen LogP contribution in [0.1, 0.15) is 26.5 Å². The van der Waals surface area contributed by atoms with Gasteiger partial charge in [0.15, 0.2) is 5.71 Å². The topological polar surface area (TPSA) is 78.4 Å². The second-order valence-electron chi connectivity index (χ2n) is 4.54. The van der Waals surface area contributed by atoms with Gasteiger partial charge in [-0.2, -0.15) is 10.2 Å². The van der Waals surface area contributed by atoms with Gasteiger partial charge in [-0.25, -0.2) is 5.01 Å². The van der Waals surface area contributed by atoms with Gasteiger partial charge in [-0.05, 0) is 26.8 Å². The summed E-state index contributed by atoms with van der Waals surface area (Å²) in [5.74, 6) is -1.20. The number of Topliss-reactive ketones (excluding diaryl/α,β-unsaturated/α-hetero) is 1. The van der Waals surface area contributed by atoms with Gasteiger partial charge in [-0.3, -0.25) is 14.7 Å². The minimum atomic E-state index is -0.600. The lowest BCUT2D eigenvalue weighted by molar-refractivity contribution is -0.142. The maximum Gasteiger partial charge on any atom is 0.317 e. The van der Waals surface area contributed by atoms with E-state index < -0.39 is 17.2 Å². The van der Waals surface area contributed by atoms with E-state index in [9.17, 15) is 9.59 Å². The molecule has 0 radical (unpaired) electrons. The monoisotopic (exact) mass is 220 g/mol. The van der Waals surface area contributed by atoms with Crippen molar-refractivity contribution in [3.63, 3.8) is 0 Å². The molecule has 1 N–H and O–H groups in total. The van der Waals surface area contributed by atoms with Gasteiger partial charge in [-0.1, -0.05) is 0 Å². The van der Waals surface area contributed by atoms with Crippen LogP contribution in [0, 0.1) is 0 Å². The molecule has 0 bridgehead atoms. The fourth-order valence-electron chi connectivity index (χ4n) is 1.41. The third kappa shape index (κ3) is 1.52. The van der Waals surface area contributed by atoms with Crippen LogP contribution in [-0.2, 0) is 9.59 Å². The number of rotatable bonds is 1. The molecule has 6 nitrogen and oxygen atoms in total. The molecule has 84 valence electrons. The largest absolute Gasteiger partial charge is 0.317 e. The Morgan fingerprint density at radius 3 is 2.44 bits per heavy atom. The number of carbonyl (C=O) groups excluding carboxylic acids is 2. The maximum atomic E-state index is 11.7. The highest BCUT2D eigenvalue weighted by Crippen LogP contribution is 2.20. The van der Waals surface area contributed by atoms with E-state index in [2.05, 4.69) is 15.3 Å². The van der Waals surface area contributed by atoms with Crippen LogP contribution in [0.3, 0.4) is 0 Å². The summed E-state index contributed by atoms with van der Waals surface area (Å²) in [7, 11) is 0. The molecule has 0 unspecified atom stereocenters. The SMILES string of the molecule is CC(C)(C)N1N=C(c2ccn[nH]2)C(=O)C1=O. The normalized spacial score (nSPS) is 16.9. The van der Waals surface area contributed by atoms with Crippen LogP contribution in [-0.4, -0.2) is 38.1 Å². The van der Waals surface area contributed by atoms with E-state index in [-0.39, 0.29) is 5.71 Å². The third-order valence-electron chi connectivity index (χ3n) is 2.19. The molecule has 0 atom stereocenters. The summed E-state index contributed by atoms with van der Waals surface area (Å²) < 4.78 is 0. The minimum Gasteiger partial charge on any atom is -0.281 e. The van der Waals surface area contributed by atoms with Gasteiger partial charge < -0.3 is 0 Å². The van der Waals surface area contributed by atoms with Crippen molar-refractivity contribution in [2.24, 2.45) is 5.10 Å². The second-order valence-corrected chi connectivity index (χ2v) is 4.54. The predicted octanol–water partition coefficient (Wildman–Crippen LogP) is 0.324. The molecule has 0 aliphatic carbocycles. The number of H-pyrrole nitrogens is 1. The van der Waals surface area contributed by atoms with Gasteiger partial charge in [0, 0.05) is 6.20 Å². The number of hydrazone groups is 1. The Kier molecular flexibility index (Phi) is 2.15. The van der Waals surface area contributed by atoms with Gasteiger partial charge in [0.2, 0.25) is 0 Å². The zero-order valence-corrected chi connectivity index (χ0v) is 9.31. The first-order chi connectivity index (χ1) is 7.41. The van der Waals surface area contributed by atoms with E-state index in [1.54, 1.807) is 6.07 Å². The number of hydrogen-bond acceptors (Lipinski definition) is 4. The Labute approximate surface area is 92.3 Å². The summed E-state index contributed by atoms with van der Waals surface area (Å²) in [6.45, 7) is 5.45. The van der Waals surface area contributed by atoms with Crippen molar-refractivity contribution in [3.8, 4) is 0 Å². The first kappa shape index (κ1) is 10.5. The molecular weight excluding hydrogens is 208 g/mol. The van der Waals surface area contributed by atoms with Crippen LogP contribution in [0.25, 0.3) is 0 Å². The third-order valence-corrected chi connectivity index (χ3v) is 2.19. The molecule has 0 saturated heterocycles. The lowest BCUT2D eigenvalue weighted by Crippen LogP contribution is -2.41. The molecule has 1 amide bonds. The number of aromatic nitrogens is 2. The first-order valence-electron chi connectivity index (χ1n) is 4.88. The number of amides is 1. The summed E-state index contributed by atoms with van der Waals surface area (Å²) >= 11 is 0. The first-order valence-corrected chi connectivity index (χ1v) is 4.88. The number of carbonyl (C=O) groups is 2. The highest BCUT2D eigenvalue weighted by Gasteiger charge is 2.40. The predicted molar refractivity (Wildman–Crippen MR) is 56.7 cm³/mol. The van der Waals surface area contributed by atoms with E-state index >= 15 is 0 Å². The summed E-state index contributed by atoms with van der Waals surface area (Å²) in [5.41, 5.74) is 0.0802. The van der Waals surface area contributed by atoms with Gasteiger partial charge in [0.05, 0.1) is 11.2 Å². The number of ketones is 1. The quantitative estimate of drug-likeness (QED) is 0.692. The van der Waals surface area contributed by atoms with Crippen molar-refractivity contribution in [2.45, 2.75) is 26.3 Å². The molecule has 2 heterocycles. The summed E-state index contributed by atoms with van der Waals surface area (Å²) in [4.78, 5) is 23.4. The molecule has 1 aromatic heterocycles. The van der Waals surface area contributed by atoms with Crippen molar-refractivity contribution in [1.29, 1.82) is 0 Å². The van der Waals surface area contributed by atoms with Crippen LogP contribution in [0.15, 0.2) is 17.4 Å². The van der Waals surface area contributed by atoms with Crippen molar-refractivity contribution >= 4 is 17.4 Å². The van der Waals surface area contributed by atoms with Gasteiger partial charge in [0.25, 0.3) is 5.78 Å². The highest BCUT2D eigenvalue weighted by atomic mass is 16.2. The summed E-state index contributed by atoms with van der Waals surface area (Å²) in [5, 5.41) is 11.6. The van der Waals surface area contributed by atoms with Crippen LogP contribution in [0.4, 0.5) is 0 Å². The molecule has 0 spiro atoms. The zero-order valence-electron chi connectivity index (χ0n) is 9.31. The zero-order chi connectivity index (χ0) is 11.9.